The monoisotopic (exact) mass is 171 g/mol. The van der Waals surface area contributed by atoms with E-state index < -0.39 is 0 Å². The highest BCUT2D eigenvalue weighted by molar-refractivity contribution is 4.80. The van der Waals surface area contributed by atoms with Crippen LogP contribution in [0, 0.1) is 5.92 Å². The molecule has 0 rings (SSSR count). The van der Waals surface area contributed by atoms with Crippen LogP contribution in [0.5, 0.6) is 0 Å². The zero-order valence-electron chi connectivity index (χ0n) is 9.65. The Labute approximate surface area is 78.1 Å². The summed E-state index contributed by atoms with van der Waals surface area (Å²) in [5.41, 5.74) is 0.365. The van der Waals surface area contributed by atoms with Crippen molar-refractivity contribution in [2.24, 2.45) is 5.92 Å². The summed E-state index contributed by atoms with van der Waals surface area (Å²) in [6.45, 7) is 12.6. The fourth-order valence-corrected chi connectivity index (χ4v) is 1.58. The first-order valence-corrected chi connectivity index (χ1v) is 5.15. The van der Waals surface area contributed by atoms with Crippen molar-refractivity contribution in [2.45, 2.75) is 53.0 Å². The summed E-state index contributed by atoms with van der Waals surface area (Å²) in [4.78, 5) is 2.43. The van der Waals surface area contributed by atoms with Gasteiger partial charge < -0.3 is 4.90 Å². The van der Waals surface area contributed by atoms with E-state index in [0.29, 0.717) is 5.54 Å². The van der Waals surface area contributed by atoms with Crippen LogP contribution in [0.2, 0.25) is 0 Å². The van der Waals surface area contributed by atoms with Gasteiger partial charge in [0.15, 0.2) is 0 Å². The molecule has 1 atom stereocenters. The Balaban J connectivity index is 4.02. The Morgan fingerprint density at radius 2 is 1.75 bits per heavy atom. The van der Waals surface area contributed by atoms with Crippen molar-refractivity contribution in [1.29, 1.82) is 0 Å². The molecule has 0 aromatic carbocycles. The maximum absolute atomic E-state index is 2.43. The molecular weight excluding hydrogens is 146 g/mol. The van der Waals surface area contributed by atoms with E-state index in [1.807, 2.05) is 0 Å². The number of hydrogen-bond acceptors (Lipinski definition) is 1. The molecule has 12 heavy (non-hydrogen) atoms. The van der Waals surface area contributed by atoms with Crippen LogP contribution < -0.4 is 0 Å². The predicted octanol–water partition coefficient (Wildman–Crippen LogP) is 3.15. The molecule has 1 unspecified atom stereocenters. The molecule has 0 aromatic heterocycles. The van der Waals surface area contributed by atoms with E-state index in [-0.39, 0.29) is 0 Å². The third-order valence-electron chi connectivity index (χ3n) is 3.05. The molecular formula is C11H25N. The summed E-state index contributed by atoms with van der Waals surface area (Å²) >= 11 is 0. The third kappa shape index (κ3) is 3.57. The summed E-state index contributed by atoms with van der Waals surface area (Å²) in [6, 6.07) is 0. The maximum atomic E-state index is 2.43. The van der Waals surface area contributed by atoms with Crippen molar-refractivity contribution in [3.05, 3.63) is 0 Å². The molecule has 0 aliphatic heterocycles. The first-order valence-electron chi connectivity index (χ1n) is 5.15. The second kappa shape index (κ2) is 4.86. The number of hydrogen-bond donors (Lipinski definition) is 0. The van der Waals surface area contributed by atoms with Gasteiger partial charge >= 0.3 is 0 Å². The Kier molecular flexibility index (Phi) is 4.84. The fourth-order valence-electron chi connectivity index (χ4n) is 1.58. The van der Waals surface area contributed by atoms with Gasteiger partial charge in [-0.15, -0.1) is 0 Å². The summed E-state index contributed by atoms with van der Waals surface area (Å²) in [5, 5.41) is 0. The normalized spacial score (nSPS) is 15.2. The Morgan fingerprint density at radius 3 is 2.08 bits per heavy atom. The summed E-state index contributed by atoms with van der Waals surface area (Å²) in [6.07, 6.45) is 2.59. The van der Waals surface area contributed by atoms with Crippen molar-refractivity contribution in [3.8, 4) is 0 Å². The summed E-state index contributed by atoms with van der Waals surface area (Å²) in [5.74, 6) is 0.842. The Bertz CT molecular complexity index is 118. The minimum atomic E-state index is 0.365. The van der Waals surface area contributed by atoms with Gasteiger partial charge in [-0.1, -0.05) is 27.2 Å². The minimum absolute atomic E-state index is 0.365. The standard InChI is InChI=1S/C11H25N/c1-7-10(3)9-11(4,5)12(6)8-2/h10H,7-9H2,1-6H3. The van der Waals surface area contributed by atoms with Crippen LogP contribution in [0.4, 0.5) is 0 Å². The van der Waals surface area contributed by atoms with Crippen LogP contribution >= 0.6 is 0 Å². The molecule has 1 nitrogen and oxygen atoms in total. The molecule has 0 spiro atoms. The summed E-state index contributed by atoms with van der Waals surface area (Å²) < 4.78 is 0. The van der Waals surface area contributed by atoms with E-state index in [9.17, 15) is 0 Å². The molecule has 0 aliphatic rings. The van der Waals surface area contributed by atoms with Gasteiger partial charge in [0.05, 0.1) is 0 Å². The van der Waals surface area contributed by atoms with Gasteiger partial charge in [0.1, 0.15) is 0 Å². The zero-order chi connectivity index (χ0) is 9.78. The average molecular weight is 171 g/mol. The van der Waals surface area contributed by atoms with Crippen LogP contribution in [0.3, 0.4) is 0 Å². The Hall–Kier alpha value is -0.0400. The predicted molar refractivity (Wildman–Crippen MR) is 56.5 cm³/mol. The van der Waals surface area contributed by atoms with Crippen LogP contribution in [0.1, 0.15) is 47.5 Å². The van der Waals surface area contributed by atoms with Crippen molar-refractivity contribution in [2.75, 3.05) is 13.6 Å². The van der Waals surface area contributed by atoms with Crippen molar-refractivity contribution in [1.82, 2.24) is 4.90 Å². The van der Waals surface area contributed by atoms with Gasteiger partial charge in [-0.05, 0) is 39.8 Å². The van der Waals surface area contributed by atoms with Gasteiger partial charge in [-0.25, -0.2) is 0 Å². The molecule has 0 aromatic rings. The highest BCUT2D eigenvalue weighted by Crippen LogP contribution is 2.23. The van der Waals surface area contributed by atoms with E-state index >= 15 is 0 Å². The van der Waals surface area contributed by atoms with E-state index in [2.05, 4.69) is 46.6 Å². The van der Waals surface area contributed by atoms with E-state index in [1.165, 1.54) is 12.8 Å². The molecule has 0 aliphatic carbocycles. The van der Waals surface area contributed by atoms with Crippen molar-refractivity contribution < 1.29 is 0 Å². The van der Waals surface area contributed by atoms with Gasteiger partial charge in [-0.3, -0.25) is 0 Å². The van der Waals surface area contributed by atoms with E-state index in [4.69, 9.17) is 0 Å². The molecule has 0 fully saturated rings. The van der Waals surface area contributed by atoms with E-state index in [0.717, 1.165) is 12.5 Å². The number of nitrogens with zero attached hydrogens (tertiary/aromatic N) is 1. The van der Waals surface area contributed by atoms with Crippen LogP contribution in [0.15, 0.2) is 0 Å². The van der Waals surface area contributed by atoms with E-state index in [1.54, 1.807) is 0 Å². The summed E-state index contributed by atoms with van der Waals surface area (Å²) in [7, 11) is 2.21. The molecule has 0 bridgehead atoms. The van der Waals surface area contributed by atoms with Gasteiger partial charge in [0.25, 0.3) is 0 Å². The lowest BCUT2D eigenvalue weighted by atomic mass is 9.89. The second-order valence-corrected chi connectivity index (χ2v) is 4.54. The fraction of sp³-hybridized carbons (Fsp3) is 1.00. The first kappa shape index (κ1) is 12.0. The largest absolute Gasteiger partial charge is 0.302 e. The Morgan fingerprint density at radius 1 is 1.25 bits per heavy atom. The highest BCUT2D eigenvalue weighted by atomic mass is 15.2. The second-order valence-electron chi connectivity index (χ2n) is 4.54. The lowest BCUT2D eigenvalue weighted by Crippen LogP contribution is -2.42. The lowest BCUT2D eigenvalue weighted by Gasteiger charge is -2.36. The van der Waals surface area contributed by atoms with Crippen LogP contribution in [0.25, 0.3) is 0 Å². The zero-order valence-corrected chi connectivity index (χ0v) is 9.65. The maximum Gasteiger partial charge on any atom is 0.0152 e. The van der Waals surface area contributed by atoms with Gasteiger partial charge in [-0.2, -0.15) is 0 Å². The molecule has 0 saturated heterocycles. The topological polar surface area (TPSA) is 3.24 Å². The molecule has 0 N–H and O–H groups in total. The third-order valence-corrected chi connectivity index (χ3v) is 3.05. The molecule has 0 saturated carbocycles. The van der Waals surface area contributed by atoms with Gasteiger partial charge in [0.2, 0.25) is 0 Å². The number of rotatable bonds is 5. The lowest BCUT2D eigenvalue weighted by molar-refractivity contribution is 0.133. The smallest absolute Gasteiger partial charge is 0.0152 e. The molecule has 0 amide bonds. The SMILES string of the molecule is CCC(C)CC(C)(C)N(C)CC. The highest BCUT2D eigenvalue weighted by Gasteiger charge is 2.23. The minimum Gasteiger partial charge on any atom is -0.302 e. The quantitative estimate of drug-likeness (QED) is 0.614. The molecule has 1 heteroatoms. The van der Waals surface area contributed by atoms with Crippen molar-refractivity contribution >= 4 is 0 Å². The van der Waals surface area contributed by atoms with Crippen molar-refractivity contribution in [3.63, 3.8) is 0 Å². The molecule has 74 valence electrons. The molecule has 0 radical (unpaired) electrons. The van der Waals surface area contributed by atoms with Crippen LogP contribution in [-0.2, 0) is 0 Å². The first-order chi connectivity index (χ1) is 5.44. The van der Waals surface area contributed by atoms with Crippen LogP contribution in [-0.4, -0.2) is 24.0 Å². The van der Waals surface area contributed by atoms with Gasteiger partial charge in [0, 0.05) is 5.54 Å². The average Bonchev–Trinajstić information content (AvgIpc) is 2.02. The molecule has 0 heterocycles.